The normalized spacial score (nSPS) is 12.0. The Balaban J connectivity index is 3.94. The zero-order valence-electron chi connectivity index (χ0n) is 27.9. The molecule has 0 spiro atoms. The van der Waals surface area contributed by atoms with Crippen LogP contribution in [0.4, 0.5) is 4.79 Å². The van der Waals surface area contributed by atoms with Crippen LogP contribution in [0.2, 0.25) is 0 Å². The van der Waals surface area contributed by atoms with Crippen LogP contribution in [0.5, 0.6) is 0 Å². The zero-order valence-corrected chi connectivity index (χ0v) is 27.9. The van der Waals surface area contributed by atoms with E-state index < -0.39 is 6.09 Å². The highest BCUT2D eigenvalue weighted by molar-refractivity contribution is 5.76. The van der Waals surface area contributed by atoms with E-state index in [1.807, 2.05) is 0 Å². The van der Waals surface area contributed by atoms with Gasteiger partial charge in [-0.15, -0.1) is 0 Å². The van der Waals surface area contributed by atoms with Crippen molar-refractivity contribution in [2.24, 2.45) is 0 Å². The van der Waals surface area contributed by atoms with E-state index in [0.717, 1.165) is 19.4 Å². The van der Waals surface area contributed by atoms with Crippen molar-refractivity contribution in [3.05, 3.63) is 0 Å². The largest absolute Gasteiger partial charge is 0.465 e. The van der Waals surface area contributed by atoms with Gasteiger partial charge in [0.15, 0.2) is 0 Å². The Morgan fingerprint density at radius 3 is 1.40 bits per heavy atom. The molecule has 0 saturated heterocycles. The molecule has 0 aliphatic heterocycles. The van der Waals surface area contributed by atoms with Gasteiger partial charge in [0.25, 0.3) is 0 Å². The summed E-state index contributed by atoms with van der Waals surface area (Å²) in [6, 6.07) is 0. The third-order valence-corrected chi connectivity index (χ3v) is 7.95. The van der Waals surface area contributed by atoms with Gasteiger partial charge in [0, 0.05) is 32.7 Å². The number of hydrogen-bond donors (Lipinski definition) is 3. The summed E-state index contributed by atoms with van der Waals surface area (Å²) in [5.74, 6) is -0.177. The summed E-state index contributed by atoms with van der Waals surface area (Å²) >= 11 is 0. The maximum absolute atomic E-state index is 12.1. The first-order valence-electron chi connectivity index (χ1n) is 18.0. The van der Waals surface area contributed by atoms with Gasteiger partial charge in [-0.1, -0.05) is 155 Å². The van der Waals surface area contributed by atoms with Crippen molar-refractivity contribution in [1.82, 2.24) is 10.6 Å². The minimum Gasteiger partial charge on any atom is -0.465 e. The lowest BCUT2D eigenvalue weighted by molar-refractivity contribution is -0.122. The van der Waals surface area contributed by atoms with E-state index in [1.165, 1.54) is 141 Å². The molecule has 0 rings (SSSR count). The van der Waals surface area contributed by atoms with E-state index in [1.54, 1.807) is 0 Å². The maximum Gasteiger partial charge on any atom is 0.404 e. The molecule has 0 heterocycles. The predicted molar refractivity (Wildman–Crippen MR) is 176 cm³/mol. The summed E-state index contributed by atoms with van der Waals surface area (Å²) in [4.78, 5) is 22.7. The molecule has 0 fully saturated rings. The molecule has 42 heavy (non-hydrogen) atoms. The number of carbonyl (C=O) groups excluding carboxylic acids is 1. The highest BCUT2D eigenvalue weighted by Crippen LogP contribution is 2.13. The van der Waals surface area contributed by atoms with Crippen LogP contribution >= 0.6 is 0 Å². The monoisotopic (exact) mass is 599 g/mol. The van der Waals surface area contributed by atoms with E-state index in [9.17, 15) is 9.59 Å². The number of nitrogens with one attached hydrogen (secondary N) is 2. The second-order valence-electron chi connectivity index (χ2n) is 12.1. The van der Waals surface area contributed by atoms with E-state index in [4.69, 9.17) is 14.6 Å². The number of carbonyl (C=O) groups is 2. The Kier molecular flexibility index (Phi) is 33.1. The molecule has 0 aliphatic carbocycles. The molecule has 0 aromatic rings. The summed E-state index contributed by atoms with van der Waals surface area (Å²) < 4.78 is 12.0. The molecular formula is C35H70N2O5. The number of rotatable bonds is 34. The maximum atomic E-state index is 12.1. The fraction of sp³-hybridized carbons (Fsp3) is 0.943. The Hall–Kier alpha value is -1.34. The molecule has 2 amide bonds. The summed E-state index contributed by atoms with van der Waals surface area (Å²) in [7, 11) is 0. The van der Waals surface area contributed by atoms with Crippen molar-refractivity contribution < 1.29 is 24.2 Å². The highest BCUT2D eigenvalue weighted by atomic mass is 16.5. The van der Waals surface area contributed by atoms with E-state index in [0.29, 0.717) is 19.8 Å². The lowest BCUT2D eigenvalue weighted by atomic mass is 10.1. The number of ether oxygens (including phenoxy) is 2. The molecule has 0 aromatic heterocycles. The van der Waals surface area contributed by atoms with E-state index >= 15 is 0 Å². The van der Waals surface area contributed by atoms with Gasteiger partial charge in [-0.05, 0) is 12.8 Å². The SMILES string of the molecule is CCCCCCCCCCCCCCOCC(CNC(=O)CCNC(=O)O)OCCCCCCCCCCCCCC. The molecule has 0 aliphatic rings. The van der Waals surface area contributed by atoms with Gasteiger partial charge in [0.2, 0.25) is 5.91 Å². The van der Waals surface area contributed by atoms with Gasteiger partial charge in [-0.2, -0.15) is 0 Å². The molecule has 1 unspecified atom stereocenters. The average molecular weight is 599 g/mol. The van der Waals surface area contributed by atoms with Crippen LogP contribution in [0, 0.1) is 0 Å². The summed E-state index contributed by atoms with van der Waals surface area (Å²) in [6.45, 7) is 6.93. The molecule has 0 bridgehead atoms. The van der Waals surface area contributed by atoms with E-state index in [2.05, 4.69) is 24.5 Å². The summed E-state index contributed by atoms with van der Waals surface area (Å²) in [6.07, 6.45) is 30.5. The smallest absolute Gasteiger partial charge is 0.404 e. The van der Waals surface area contributed by atoms with Gasteiger partial charge < -0.3 is 25.2 Å². The standard InChI is InChI=1S/C35H70N2O5/c1-3-5-7-9-11-13-15-17-19-21-23-25-29-41-32-33(31-37-34(38)27-28-36-35(39)40)42-30-26-24-22-20-18-16-14-12-10-8-6-4-2/h33,36H,3-32H2,1-2H3,(H,37,38)(H,39,40). The van der Waals surface area contributed by atoms with Crippen LogP contribution in [-0.2, 0) is 14.3 Å². The van der Waals surface area contributed by atoms with Crippen molar-refractivity contribution in [3.63, 3.8) is 0 Å². The van der Waals surface area contributed by atoms with Gasteiger partial charge >= 0.3 is 6.09 Å². The second kappa shape index (κ2) is 34.2. The fourth-order valence-corrected chi connectivity index (χ4v) is 5.22. The molecule has 250 valence electrons. The molecule has 0 radical (unpaired) electrons. The van der Waals surface area contributed by atoms with Gasteiger partial charge in [-0.3, -0.25) is 4.79 Å². The molecule has 7 nitrogen and oxygen atoms in total. The van der Waals surface area contributed by atoms with Gasteiger partial charge in [-0.25, -0.2) is 4.79 Å². The zero-order chi connectivity index (χ0) is 30.8. The number of amides is 2. The first kappa shape index (κ1) is 40.7. The molecular weight excluding hydrogens is 528 g/mol. The highest BCUT2D eigenvalue weighted by Gasteiger charge is 2.12. The van der Waals surface area contributed by atoms with Crippen LogP contribution < -0.4 is 10.6 Å². The lowest BCUT2D eigenvalue weighted by Gasteiger charge is -2.19. The molecule has 1 atom stereocenters. The Morgan fingerprint density at radius 1 is 0.571 bits per heavy atom. The number of unbranched alkanes of at least 4 members (excludes halogenated alkanes) is 22. The number of carboxylic acid groups (broad SMARTS) is 1. The van der Waals surface area contributed by atoms with Gasteiger partial charge in [0.05, 0.1) is 12.7 Å². The Bertz CT molecular complexity index is 576. The molecule has 0 saturated carbocycles. The minimum atomic E-state index is -1.11. The Labute approximate surface area is 260 Å². The third-order valence-electron chi connectivity index (χ3n) is 7.95. The molecule has 3 N–H and O–H groups in total. The van der Waals surface area contributed by atoms with Gasteiger partial charge in [0.1, 0.15) is 0 Å². The third kappa shape index (κ3) is 33.2. The van der Waals surface area contributed by atoms with Crippen molar-refractivity contribution in [1.29, 1.82) is 0 Å². The first-order valence-corrected chi connectivity index (χ1v) is 18.0. The Morgan fingerprint density at radius 2 is 0.976 bits per heavy atom. The van der Waals surface area contributed by atoms with Crippen molar-refractivity contribution in [3.8, 4) is 0 Å². The average Bonchev–Trinajstić information content (AvgIpc) is 2.97. The minimum absolute atomic E-state index is 0.112. The van der Waals surface area contributed by atoms with E-state index in [-0.39, 0.29) is 25.0 Å². The molecule has 7 heteroatoms. The van der Waals surface area contributed by atoms with Crippen molar-refractivity contribution >= 4 is 12.0 Å². The lowest BCUT2D eigenvalue weighted by Crippen LogP contribution is -2.38. The van der Waals surface area contributed by atoms with Crippen molar-refractivity contribution in [2.75, 3.05) is 32.9 Å². The predicted octanol–water partition coefficient (Wildman–Crippen LogP) is 9.56. The van der Waals surface area contributed by atoms with Crippen LogP contribution in [0.3, 0.4) is 0 Å². The second-order valence-corrected chi connectivity index (χ2v) is 12.1. The van der Waals surface area contributed by atoms with Crippen LogP contribution in [0.1, 0.15) is 174 Å². The van der Waals surface area contributed by atoms with Crippen LogP contribution in [0.15, 0.2) is 0 Å². The molecule has 0 aromatic carbocycles. The van der Waals surface area contributed by atoms with Crippen LogP contribution in [0.25, 0.3) is 0 Å². The van der Waals surface area contributed by atoms with Crippen LogP contribution in [-0.4, -0.2) is 56.1 Å². The topological polar surface area (TPSA) is 96.9 Å². The van der Waals surface area contributed by atoms with Crippen molar-refractivity contribution in [2.45, 2.75) is 180 Å². The first-order chi connectivity index (χ1) is 20.6. The quantitative estimate of drug-likeness (QED) is 0.0641. The number of hydrogen-bond acceptors (Lipinski definition) is 4. The summed E-state index contributed by atoms with van der Waals surface area (Å²) in [5, 5.41) is 13.8. The fourth-order valence-electron chi connectivity index (χ4n) is 5.22. The summed E-state index contributed by atoms with van der Waals surface area (Å²) in [5.41, 5.74) is 0.